The normalized spacial score (nSPS) is 38.1. The van der Waals surface area contributed by atoms with E-state index < -0.39 is 5.79 Å². The molecule has 0 bridgehead atoms. The molecule has 4 heteroatoms. The number of hydrogen-bond acceptors (Lipinski definition) is 3. The van der Waals surface area contributed by atoms with Crippen LogP contribution in [-0.2, 0) is 14.5 Å². The zero-order chi connectivity index (χ0) is 10.0. The molecule has 2 rings (SSSR count). The van der Waals surface area contributed by atoms with Gasteiger partial charge in [-0.25, -0.2) is 9.78 Å². The van der Waals surface area contributed by atoms with Crippen molar-refractivity contribution in [1.82, 2.24) is 0 Å². The van der Waals surface area contributed by atoms with E-state index in [0.717, 1.165) is 19.4 Å². The van der Waals surface area contributed by atoms with Crippen LogP contribution in [0.1, 0.15) is 39.0 Å². The lowest BCUT2D eigenvalue weighted by Gasteiger charge is -2.33. The van der Waals surface area contributed by atoms with Gasteiger partial charge >= 0.3 is 0 Å². The molecule has 0 aromatic rings. The fourth-order valence-corrected chi connectivity index (χ4v) is 2.23. The summed E-state index contributed by atoms with van der Waals surface area (Å²) in [5, 5.41) is 0. The molecule has 14 heavy (non-hydrogen) atoms. The lowest BCUT2D eigenvalue weighted by Crippen LogP contribution is -2.37. The highest BCUT2D eigenvalue weighted by atomic mass is 127. The molecule has 82 valence electrons. The van der Waals surface area contributed by atoms with Gasteiger partial charge in [0.05, 0.1) is 10.5 Å². The molecule has 1 saturated carbocycles. The van der Waals surface area contributed by atoms with E-state index in [-0.39, 0.29) is 6.10 Å². The lowest BCUT2D eigenvalue weighted by molar-refractivity contribution is -0.433. The van der Waals surface area contributed by atoms with Crippen LogP contribution < -0.4 is 0 Å². The fraction of sp³-hybridized carbons (Fsp3) is 1.00. The molecular weight excluding hydrogens is 295 g/mol. The van der Waals surface area contributed by atoms with Crippen molar-refractivity contribution < 1.29 is 14.5 Å². The number of hydrogen-bond donors (Lipinski definition) is 0. The van der Waals surface area contributed by atoms with Gasteiger partial charge in [0.25, 0.3) is 0 Å². The number of rotatable bonds is 0. The number of alkyl halides is 1. The van der Waals surface area contributed by atoms with Crippen LogP contribution in [0.5, 0.6) is 0 Å². The first-order valence-electron chi connectivity index (χ1n) is 5.34. The third-order valence-electron chi connectivity index (χ3n) is 2.98. The van der Waals surface area contributed by atoms with Crippen LogP contribution in [-0.4, -0.2) is 22.4 Å². The molecule has 2 atom stereocenters. The van der Waals surface area contributed by atoms with E-state index in [1.54, 1.807) is 0 Å². The molecule has 3 nitrogen and oxygen atoms in total. The summed E-state index contributed by atoms with van der Waals surface area (Å²) in [6.45, 7) is 2.77. The van der Waals surface area contributed by atoms with E-state index in [2.05, 4.69) is 22.6 Å². The highest BCUT2D eigenvalue weighted by molar-refractivity contribution is 14.1. The molecule has 0 aromatic heterocycles. The minimum atomic E-state index is -0.424. The largest absolute Gasteiger partial charge is 0.346 e. The molecule has 1 saturated heterocycles. The predicted octanol–water partition coefficient (Wildman–Crippen LogP) is 2.82. The molecule has 1 aliphatic carbocycles. The third-order valence-corrected chi connectivity index (χ3v) is 4.35. The van der Waals surface area contributed by atoms with Gasteiger partial charge in [-0.3, -0.25) is 0 Å². The van der Waals surface area contributed by atoms with Crippen LogP contribution in [0.2, 0.25) is 0 Å². The maximum Gasteiger partial charge on any atom is 0.201 e. The SMILES string of the molecule is C[C@@H]1OOC2(CCCCC2)OC[C@H]1I. The zero-order valence-corrected chi connectivity index (χ0v) is 10.7. The van der Waals surface area contributed by atoms with Gasteiger partial charge in [0.1, 0.15) is 6.10 Å². The summed E-state index contributed by atoms with van der Waals surface area (Å²) in [6, 6.07) is 0. The van der Waals surface area contributed by atoms with Crippen molar-refractivity contribution in [3.8, 4) is 0 Å². The highest BCUT2D eigenvalue weighted by Gasteiger charge is 2.39. The molecule has 0 radical (unpaired) electrons. The van der Waals surface area contributed by atoms with E-state index in [1.165, 1.54) is 19.3 Å². The second kappa shape index (κ2) is 4.63. The van der Waals surface area contributed by atoms with Gasteiger partial charge in [-0.05, 0) is 19.8 Å². The van der Waals surface area contributed by atoms with E-state index in [4.69, 9.17) is 14.5 Å². The van der Waals surface area contributed by atoms with Crippen molar-refractivity contribution in [2.75, 3.05) is 6.61 Å². The summed E-state index contributed by atoms with van der Waals surface area (Å²) in [6.07, 6.45) is 5.73. The van der Waals surface area contributed by atoms with E-state index >= 15 is 0 Å². The second-order valence-corrected chi connectivity index (χ2v) is 5.78. The predicted molar refractivity (Wildman–Crippen MR) is 61.2 cm³/mol. The van der Waals surface area contributed by atoms with Crippen LogP contribution in [0.4, 0.5) is 0 Å². The molecular formula is C10H17IO3. The summed E-state index contributed by atoms with van der Waals surface area (Å²) in [5.74, 6) is -0.424. The van der Waals surface area contributed by atoms with Gasteiger partial charge in [0.15, 0.2) is 0 Å². The standard InChI is InChI=1S/C10H17IO3/c1-8-9(11)7-12-10(14-13-8)5-3-2-4-6-10/h8-9H,2-7H2,1H3/t8-,9+/m0/s1. The average molecular weight is 312 g/mol. The molecule has 2 fully saturated rings. The van der Waals surface area contributed by atoms with E-state index in [9.17, 15) is 0 Å². The minimum absolute atomic E-state index is 0.122. The first-order chi connectivity index (χ1) is 6.72. The van der Waals surface area contributed by atoms with Crippen LogP contribution in [0, 0.1) is 0 Å². The topological polar surface area (TPSA) is 27.7 Å². The van der Waals surface area contributed by atoms with Gasteiger partial charge in [-0.2, -0.15) is 0 Å². The molecule has 1 spiro atoms. The minimum Gasteiger partial charge on any atom is -0.346 e. The van der Waals surface area contributed by atoms with Crippen molar-refractivity contribution in [3.05, 3.63) is 0 Å². The van der Waals surface area contributed by atoms with Crippen LogP contribution in [0.3, 0.4) is 0 Å². The Balaban J connectivity index is 1.99. The Morgan fingerprint density at radius 3 is 2.64 bits per heavy atom. The Labute approximate surface area is 98.5 Å². The van der Waals surface area contributed by atoms with Gasteiger partial charge in [0.2, 0.25) is 5.79 Å². The highest BCUT2D eigenvalue weighted by Crippen LogP contribution is 2.36. The Morgan fingerprint density at radius 2 is 1.93 bits per heavy atom. The quantitative estimate of drug-likeness (QED) is 0.391. The molecule has 0 amide bonds. The first-order valence-corrected chi connectivity index (χ1v) is 6.59. The van der Waals surface area contributed by atoms with Crippen molar-refractivity contribution in [2.24, 2.45) is 0 Å². The molecule has 2 aliphatic rings. The Bertz CT molecular complexity index is 178. The summed E-state index contributed by atoms with van der Waals surface area (Å²) in [4.78, 5) is 10.9. The molecule has 1 aliphatic heterocycles. The summed E-state index contributed by atoms with van der Waals surface area (Å²) < 4.78 is 6.24. The van der Waals surface area contributed by atoms with E-state index in [0.29, 0.717) is 3.92 Å². The lowest BCUT2D eigenvalue weighted by atomic mass is 9.94. The van der Waals surface area contributed by atoms with Crippen LogP contribution >= 0.6 is 22.6 Å². The molecule has 0 aromatic carbocycles. The number of halogens is 1. The summed E-state index contributed by atoms with van der Waals surface area (Å²) >= 11 is 2.36. The van der Waals surface area contributed by atoms with Crippen LogP contribution in [0.15, 0.2) is 0 Å². The smallest absolute Gasteiger partial charge is 0.201 e. The Kier molecular flexibility index (Phi) is 3.68. The van der Waals surface area contributed by atoms with Gasteiger partial charge in [-0.1, -0.05) is 29.0 Å². The Morgan fingerprint density at radius 1 is 1.21 bits per heavy atom. The molecule has 0 unspecified atom stereocenters. The summed E-state index contributed by atoms with van der Waals surface area (Å²) in [7, 11) is 0. The van der Waals surface area contributed by atoms with Gasteiger partial charge < -0.3 is 4.74 Å². The fourth-order valence-electron chi connectivity index (χ4n) is 1.93. The monoisotopic (exact) mass is 312 g/mol. The zero-order valence-electron chi connectivity index (χ0n) is 8.50. The van der Waals surface area contributed by atoms with Crippen molar-refractivity contribution in [2.45, 2.75) is 54.8 Å². The van der Waals surface area contributed by atoms with Gasteiger partial charge in [-0.15, -0.1) is 0 Å². The average Bonchev–Trinajstić information content (AvgIpc) is 2.35. The summed E-state index contributed by atoms with van der Waals surface area (Å²) in [5.41, 5.74) is 0. The maximum atomic E-state index is 5.86. The Hall–Kier alpha value is 0.610. The third kappa shape index (κ3) is 2.40. The second-order valence-electron chi connectivity index (χ2n) is 4.18. The van der Waals surface area contributed by atoms with Crippen LogP contribution in [0.25, 0.3) is 0 Å². The molecule has 0 N–H and O–H groups in total. The van der Waals surface area contributed by atoms with Crippen molar-refractivity contribution in [3.63, 3.8) is 0 Å². The first kappa shape index (κ1) is 11.1. The van der Waals surface area contributed by atoms with Crippen molar-refractivity contribution in [1.29, 1.82) is 0 Å². The molecule has 1 heterocycles. The van der Waals surface area contributed by atoms with Crippen molar-refractivity contribution >= 4 is 22.6 Å². The van der Waals surface area contributed by atoms with Gasteiger partial charge in [0, 0.05) is 12.8 Å². The maximum absolute atomic E-state index is 5.86. The number of ether oxygens (including phenoxy) is 1. The van der Waals surface area contributed by atoms with E-state index in [1.807, 2.05) is 6.92 Å².